The molecule has 0 spiro atoms. The predicted octanol–water partition coefficient (Wildman–Crippen LogP) is 2.18. The largest absolute Gasteiger partial charge is 0.506 e. The van der Waals surface area contributed by atoms with Gasteiger partial charge in [-0.2, -0.15) is 0 Å². The number of phenolic OH excluding ortho intramolecular Hbond substituents is 1. The van der Waals surface area contributed by atoms with Crippen molar-refractivity contribution in [2.75, 3.05) is 5.75 Å². The molecule has 0 saturated carbocycles. The second-order valence-corrected chi connectivity index (χ2v) is 5.04. The highest BCUT2D eigenvalue weighted by Crippen LogP contribution is 2.33. The fourth-order valence-electron chi connectivity index (χ4n) is 1.10. The van der Waals surface area contributed by atoms with Gasteiger partial charge in [-0.25, -0.2) is 4.98 Å². The number of thioether (sulfide) groups is 1. The number of aliphatic carboxylic acids is 1. The summed E-state index contributed by atoms with van der Waals surface area (Å²) in [6.45, 7) is 0. The van der Waals surface area contributed by atoms with Crippen molar-refractivity contribution >= 4 is 39.3 Å². The number of thiazole rings is 1. The van der Waals surface area contributed by atoms with Gasteiger partial charge in [-0.15, -0.1) is 11.3 Å². The fourth-order valence-corrected chi connectivity index (χ4v) is 2.90. The van der Waals surface area contributed by atoms with Crippen molar-refractivity contribution in [2.45, 2.75) is 4.34 Å². The number of nitrogens with zero attached hydrogens (tertiary/aromatic N) is 1. The Morgan fingerprint density at radius 2 is 2.33 bits per heavy atom. The lowest BCUT2D eigenvalue weighted by Gasteiger charge is -1.90. The molecule has 2 aromatic rings. The summed E-state index contributed by atoms with van der Waals surface area (Å²) in [5.74, 6) is -0.755. The van der Waals surface area contributed by atoms with Crippen LogP contribution in [0.5, 0.6) is 5.75 Å². The van der Waals surface area contributed by atoms with Crippen LogP contribution in [0, 0.1) is 0 Å². The fraction of sp³-hybridized carbons (Fsp3) is 0.111. The van der Waals surface area contributed by atoms with Crippen molar-refractivity contribution in [3.05, 3.63) is 18.2 Å². The van der Waals surface area contributed by atoms with Gasteiger partial charge in [0.15, 0.2) is 4.34 Å². The SMILES string of the molecule is O=C(O)CSc1nc2c(O)cccc2s1. The molecule has 0 aliphatic heterocycles. The third-order valence-electron chi connectivity index (χ3n) is 1.70. The molecule has 2 N–H and O–H groups in total. The van der Waals surface area contributed by atoms with Crippen LogP contribution in [-0.4, -0.2) is 26.9 Å². The normalized spacial score (nSPS) is 10.7. The number of carboxylic acids is 1. The van der Waals surface area contributed by atoms with Gasteiger partial charge in [0, 0.05) is 0 Å². The van der Waals surface area contributed by atoms with E-state index in [1.54, 1.807) is 12.1 Å². The summed E-state index contributed by atoms with van der Waals surface area (Å²) < 4.78 is 1.52. The van der Waals surface area contributed by atoms with Gasteiger partial charge >= 0.3 is 5.97 Å². The number of hydrogen-bond donors (Lipinski definition) is 2. The Morgan fingerprint density at radius 1 is 1.53 bits per heavy atom. The minimum absolute atomic E-state index is 0.0133. The third kappa shape index (κ3) is 2.21. The molecule has 0 aliphatic carbocycles. The molecule has 0 amide bonds. The summed E-state index contributed by atoms with van der Waals surface area (Å²) in [4.78, 5) is 14.5. The van der Waals surface area contributed by atoms with Crippen molar-refractivity contribution in [3.63, 3.8) is 0 Å². The maximum Gasteiger partial charge on any atom is 0.313 e. The molecule has 2 rings (SSSR count). The van der Waals surface area contributed by atoms with Gasteiger partial charge in [0.2, 0.25) is 0 Å². The van der Waals surface area contributed by atoms with Crippen LogP contribution in [0.2, 0.25) is 0 Å². The van der Waals surface area contributed by atoms with Gasteiger partial charge in [0.25, 0.3) is 0 Å². The van der Waals surface area contributed by atoms with E-state index in [9.17, 15) is 9.90 Å². The number of aromatic hydroxyl groups is 1. The van der Waals surface area contributed by atoms with E-state index in [4.69, 9.17) is 5.11 Å². The summed E-state index contributed by atoms with van der Waals surface area (Å²) in [5.41, 5.74) is 0.537. The first-order chi connectivity index (χ1) is 7.16. The molecule has 0 aliphatic rings. The topological polar surface area (TPSA) is 70.4 Å². The molecule has 0 atom stereocenters. The Balaban J connectivity index is 2.31. The van der Waals surface area contributed by atoms with E-state index in [1.807, 2.05) is 6.07 Å². The number of para-hydroxylation sites is 1. The number of phenols is 1. The van der Waals surface area contributed by atoms with Crippen molar-refractivity contribution in [3.8, 4) is 5.75 Å². The Hall–Kier alpha value is -1.27. The first-order valence-corrected chi connectivity index (χ1v) is 5.90. The molecule has 15 heavy (non-hydrogen) atoms. The van der Waals surface area contributed by atoms with Crippen LogP contribution >= 0.6 is 23.1 Å². The van der Waals surface area contributed by atoms with Gasteiger partial charge < -0.3 is 10.2 Å². The Labute approximate surface area is 93.6 Å². The summed E-state index contributed by atoms with van der Waals surface area (Å²) in [5, 5.41) is 18.0. The van der Waals surface area contributed by atoms with Gasteiger partial charge in [0.1, 0.15) is 11.3 Å². The van der Waals surface area contributed by atoms with Gasteiger partial charge in [-0.1, -0.05) is 17.8 Å². The van der Waals surface area contributed by atoms with Gasteiger partial charge in [0.05, 0.1) is 10.5 Å². The Morgan fingerprint density at radius 3 is 3.00 bits per heavy atom. The molecule has 0 bridgehead atoms. The molecule has 1 aromatic heterocycles. The van der Waals surface area contributed by atoms with Crippen molar-refractivity contribution < 1.29 is 15.0 Å². The number of benzene rings is 1. The zero-order valence-corrected chi connectivity index (χ0v) is 9.14. The first kappa shape index (κ1) is 10.3. The smallest absolute Gasteiger partial charge is 0.313 e. The second kappa shape index (κ2) is 4.08. The molecule has 1 heterocycles. The average Bonchev–Trinajstić information content (AvgIpc) is 2.59. The molecule has 0 saturated heterocycles. The third-order valence-corrected chi connectivity index (χ3v) is 3.85. The van der Waals surface area contributed by atoms with E-state index in [1.165, 1.54) is 11.3 Å². The zero-order valence-electron chi connectivity index (χ0n) is 7.51. The van der Waals surface area contributed by atoms with E-state index >= 15 is 0 Å². The number of rotatable bonds is 3. The summed E-state index contributed by atoms with van der Waals surface area (Å²) in [6, 6.07) is 5.15. The van der Waals surface area contributed by atoms with Gasteiger partial charge in [-0.3, -0.25) is 4.79 Å². The van der Waals surface area contributed by atoms with E-state index in [0.717, 1.165) is 16.5 Å². The first-order valence-electron chi connectivity index (χ1n) is 4.10. The molecule has 78 valence electrons. The number of carboxylic acid groups (broad SMARTS) is 1. The van der Waals surface area contributed by atoms with E-state index in [0.29, 0.717) is 9.86 Å². The highest BCUT2D eigenvalue weighted by molar-refractivity contribution is 8.01. The molecular weight excluding hydrogens is 234 g/mol. The number of aromatic nitrogens is 1. The Kier molecular flexibility index (Phi) is 2.79. The Bertz CT molecular complexity index is 509. The van der Waals surface area contributed by atoms with Crippen LogP contribution in [0.1, 0.15) is 0 Å². The van der Waals surface area contributed by atoms with E-state index in [2.05, 4.69) is 4.98 Å². The summed E-state index contributed by atoms with van der Waals surface area (Å²) in [7, 11) is 0. The van der Waals surface area contributed by atoms with Crippen LogP contribution in [0.25, 0.3) is 10.2 Å². The maximum atomic E-state index is 10.4. The van der Waals surface area contributed by atoms with Crippen molar-refractivity contribution in [1.29, 1.82) is 0 Å². The highest BCUT2D eigenvalue weighted by atomic mass is 32.2. The van der Waals surface area contributed by atoms with Crippen LogP contribution in [0.3, 0.4) is 0 Å². The maximum absolute atomic E-state index is 10.4. The second-order valence-electron chi connectivity index (χ2n) is 2.79. The van der Waals surface area contributed by atoms with Crippen LogP contribution < -0.4 is 0 Å². The minimum Gasteiger partial charge on any atom is -0.506 e. The quantitative estimate of drug-likeness (QED) is 0.806. The van der Waals surface area contributed by atoms with E-state index in [-0.39, 0.29) is 11.5 Å². The molecule has 4 nitrogen and oxygen atoms in total. The van der Waals surface area contributed by atoms with Gasteiger partial charge in [-0.05, 0) is 12.1 Å². The van der Waals surface area contributed by atoms with Crippen molar-refractivity contribution in [1.82, 2.24) is 4.98 Å². The number of carbonyl (C=O) groups is 1. The lowest BCUT2D eigenvalue weighted by Crippen LogP contribution is -1.96. The number of fused-ring (bicyclic) bond motifs is 1. The molecule has 6 heteroatoms. The van der Waals surface area contributed by atoms with Crippen molar-refractivity contribution in [2.24, 2.45) is 0 Å². The van der Waals surface area contributed by atoms with Crippen LogP contribution in [-0.2, 0) is 4.79 Å². The number of hydrogen-bond acceptors (Lipinski definition) is 5. The average molecular weight is 241 g/mol. The monoisotopic (exact) mass is 241 g/mol. The summed E-state index contributed by atoms with van der Waals surface area (Å²) >= 11 is 2.54. The molecular formula is C9H7NO3S2. The standard InChI is InChI=1S/C9H7NO3S2/c11-5-2-1-3-6-8(5)10-9(15-6)14-4-7(12)13/h1-3,11H,4H2,(H,12,13). The predicted molar refractivity (Wildman–Crippen MR) is 59.6 cm³/mol. The highest BCUT2D eigenvalue weighted by Gasteiger charge is 2.08. The summed E-state index contributed by atoms with van der Waals surface area (Å²) in [6.07, 6.45) is 0. The minimum atomic E-state index is -0.872. The molecule has 0 unspecified atom stereocenters. The molecule has 0 fully saturated rings. The van der Waals surface area contributed by atoms with E-state index < -0.39 is 5.97 Å². The van der Waals surface area contributed by atoms with Crippen LogP contribution in [0.15, 0.2) is 22.5 Å². The molecule has 0 radical (unpaired) electrons. The molecule has 1 aromatic carbocycles. The van der Waals surface area contributed by atoms with Crippen LogP contribution in [0.4, 0.5) is 0 Å². The lowest BCUT2D eigenvalue weighted by molar-refractivity contribution is -0.133. The lowest BCUT2D eigenvalue weighted by atomic mass is 10.3. The zero-order chi connectivity index (χ0) is 10.8.